The van der Waals surface area contributed by atoms with Crippen molar-refractivity contribution in [3.63, 3.8) is 0 Å². The molecule has 25 heavy (non-hydrogen) atoms. The van der Waals surface area contributed by atoms with Gasteiger partial charge in [-0.2, -0.15) is 0 Å². The van der Waals surface area contributed by atoms with Crippen molar-refractivity contribution in [1.29, 1.82) is 0 Å². The zero-order valence-electron chi connectivity index (χ0n) is 16.0. The summed E-state index contributed by atoms with van der Waals surface area (Å²) in [5, 5.41) is 16.7. The molecule has 0 rings (SSSR count). The van der Waals surface area contributed by atoms with Gasteiger partial charge in [0.1, 0.15) is 0 Å². The third-order valence-electron chi connectivity index (χ3n) is 2.51. The normalized spacial score (nSPS) is 10.6. The van der Waals surface area contributed by atoms with Crippen molar-refractivity contribution in [1.82, 2.24) is 0 Å². The van der Waals surface area contributed by atoms with Gasteiger partial charge in [-0.15, -0.1) is 0 Å². The molecule has 0 aromatic rings. The zero-order valence-corrected chi connectivity index (χ0v) is 16.0. The van der Waals surface area contributed by atoms with Gasteiger partial charge in [0.25, 0.3) is 0 Å². The lowest BCUT2D eigenvalue weighted by molar-refractivity contribution is 0.00783. The van der Waals surface area contributed by atoms with E-state index >= 15 is 0 Å². The van der Waals surface area contributed by atoms with E-state index in [9.17, 15) is 0 Å². The van der Waals surface area contributed by atoms with E-state index in [0.29, 0.717) is 66.1 Å². The van der Waals surface area contributed by atoms with Crippen LogP contribution >= 0.6 is 0 Å². The van der Waals surface area contributed by atoms with Crippen molar-refractivity contribution in [2.24, 2.45) is 0 Å². The van der Waals surface area contributed by atoms with Gasteiger partial charge in [0.15, 0.2) is 0 Å². The maximum Gasteiger partial charge on any atom is 0.0701 e. The highest BCUT2D eigenvalue weighted by atomic mass is 16.5. The fourth-order valence-electron chi connectivity index (χ4n) is 1.40. The first-order chi connectivity index (χ1) is 12.3. The average molecular weight is 370 g/mol. The fraction of sp³-hybridized carbons (Fsp3) is 1.00. The lowest BCUT2D eigenvalue weighted by Gasteiger charge is -2.05. The number of aliphatic hydroxyl groups is 2. The standard InChI is InChI=1S/C9H20O4.C8H18O4/c1-2-4-11-6-8-13-9-7-12-5-3-10;1-2-10-5-6-12-8-7-11-4-3-9/h10H,2-9H2,1H3;9H,2-8H2,1H3. The second-order valence-electron chi connectivity index (χ2n) is 4.71. The van der Waals surface area contributed by atoms with Crippen molar-refractivity contribution in [3.05, 3.63) is 0 Å². The van der Waals surface area contributed by atoms with E-state index in [-0.39, 0.29) is 13.2 Å². The Balaban J connectivity index is 0. The lowest BCUT2D eigenvalue weighted by Crippen LogP contribution is -2.10. The van der Waals surface area contributed by atoms with E-state index in [2.05, 4.69) is 6.92 Å². The molecule has 0 radical (unpaired) electrons. The molecule has 0 saturated heterocycles. The van der Waals surface area contributed by atoms with Crippen LogP contribution < -0.4 is 0 Å². The molecule has 0 heterocycles. The van der Waals surface area contributed by atoms with Crippen molar-refractivity contribution in [2.45, 2.75) is 20.3 Å². The minimum atomic E-state index is 0.0684. The molecule has 2 N–H and O–H groups in total. The smallest absolute Gasteiger partial charge is 0.0701 e. The number of ether oxygens (including phenoxy) is 6. The molecule has 8 nitrogen and oxygen atoms in total. The summed E-state index contributed by atoms with van der Waals surface area (Å²) in [4.78, 5) is 0. The van der Waals surface area contributed by atoms with Crippen LogP contribution in [0, 0.1) is 0 Å². The van der Waals surface area contributed by atoms with Crippen LogP contribution in [0.1, 0.15) is 20.3 Å². The van der Waals surface area contributed by atoms with E-state index in [0.717, 1.165) is 19.6 Å². The minimum Gasteiger partial charge on any atom is -0.394 e. The highest BCUT2D eigenvalue weighted by Crippen LogP contribution is 1.83. The maximum absolute atomic E-state index is 8.38. The Labute approximate surface area is 152 Å². The fourth-order valence-corrected chi connectivity index (χ4v) is 1.40. The molecule has 0 bridgehead atoms. The third-order valence-corrected chi connectivity index (χ3v) is 2.51. The summed E-state index contributed by atoms with van der Waals surface area (Å²) in [5.41, 5.74) is 0. The average Bonchev–Trinajstić information content (AvgIpc) is 2.63. The largest absolute Gasteiger partial charge is 0.394 e. The summed E-state index contributed by atoms with van der Waals surface area (Å²) in [6, 6.07) is 0. The van der Waals surface area contributed by atoms with Gasteiger partial charge in [-0.05, 0) is 13.3 Å². The summed E-state index contributed by atoms with van der Waals surface area (Å²) in [5.74, 6) is 0. The molecular formula is C17H38O8. The molecule has 0 unspecified atom stereocenters. The molecule has 0 aromatic heterocycles. The number of rotatable bonds is 19. The highest BCUT2D eigenvalue weighted by molar-refractivity contribution is 4.33. The quantitative estimate of drug-likeness (QED) is 0.317. The second-order valence-corrected chi connectivity index (χ2v) is 4.71. The van der Waals surface area contributed by atoms with Crippen molar-refractivity contribution >= 4 is 0 Å². The Hall–Kier alpha value is -0.320. The van der Waals surface area contributed by atoms with Crippen molar-refractivity contribution in [2.75, 3.05) is 92.5 Å². The number of hydrogen-bond acceptors (Lipinski definition) is 8. The number of hydrogen-bond donors (Lipinski definition) is 2. The molecule has 0 saturated carbocycles. The van der Waals surface area contributed by atoms with Gasteiger partial charge in [-0.25, -0.2) is 0 Å². The van der Waals surface area contributed by atoms with Crippen LogP contribution in [0.5, 0.6) is 0 Å². The topological polar surface area (TPSA) is 95.8 Å². The van der Waals surface area contributed by atoms with Gasteiger partial charge >= 0.3 is 0 Å². The van der Waals surface area contributed by atoms with E-state index < -0.39 is 0 Å². The van der Waals surface area contributed by atoms with Crippen LogP contribution in [-0.2, 0) is 28.4 Å². The molecule has 0 fully saturated rings. The van der Waals surface area contributed by atoms with E-state index in [1.807, 2.05) is 6.92 Å². The Morgan fingerprint density at radius 3 is 1.08 bits per heavy atom. The Morgan fingerprint density at radius 1 is 0.440 bits per heavy atom. The van der Waals surface area contributed by atoms with Gasteiger partial charge in [0, 0.05) is 13.2 Å². The summed E-state index contributed by atoms with van der Waals surface area (Å²) in [6.07, 6.45) is 1.04. The molecule has 0 amide bonds. The third kappa shape index (κ3) is 31.9. The van der Waals surface area contributed by atoms with Gasteiger partial charge in [-0.1, -0.05) is 6.92 Å². The molecular weight excluding hydrogens is 332 g/mol. The first-order valence-corrected chi connectivity index (χ1v) is 9.01. The summed E-state index contributed by atoms with van der Waals surface area (Å²) < 4.78 is 30.6. The van der Waals surface area contributed by atoms with Crippen LogP contribution in [0.15, 0.2) is 0 Å². The predicted molar refractivity (Wildman–Crippen MR) is 95.1 cm³/mol. The minimum absolute atomic E-state index is 0.0684. The van der Waals surface area contributed by atoms with Gasteiger partial charge in [0.05, 0.1) is 79.3 Å². The van der Waals surface area contributed by atoms with Gasteiger partial charge < -0.3 is 38.6 Å². The van der Waals surface area contributed by atoms with Crippen LogP contribution in [0.4, 0.5) is 0 Å². The van der Waals surface area contributed by atoms with Crippen LogP contribution in [0.3, 0.4) is 0 Å². The van der Waals surface area contributed by atoms with E-state index in [1.165, 1.54) is 0 Å². The molecule has 0 spiro atoms. The molecule has 0 aliphatic carbocycles. The Morgan fingerprint density at radius 2 is 0.760 bits per heavy atom. The van der Waals surface area contributed by atoms with Crippen LogP contribution in [-0.4, -0.2) is 103 Å². The molecule has 8 heteroatoms. The number of aliphatic hydroxyl groups excluding tert-OH is 2. The monoisotopic (exact) mass is 370 g/mol. The predicted octanol–water partition coefficient (Wildman–Crippen LogP) is 0.487. The van der Waals surface area contributed by atoms with Crippen molar-refractivity contribution in [3.8, 4) is 0 Å². The summed E-state index contributed by atoms with van der Waals surface area (Å²) in [7, 11) is 0. The summed E-state index contributed by atoms with van der Waals surface area (Å²) in [6.45, 7) is 11.2. The highest BCUT2D eigenvalue weighted by Gasteiger charge is 1.90. The van der Waals surface area contributed by atoms with E-state index in [4.69, 9.17) is 38.6 Å². The molecule has 154 valence electrons. The Bertz CT molecular complexity index is 187. The molecule has 0 aliphatic heterocycles. The first kappa shape index (κ1) is 26.9. The Kier molecular flexibility index (Phi) is 30.7. The van der Waals surface area contributed by atoms with Crippen molar-refractivity contribution < 1.29 is 38.6 Å². The first-order valence-electron chi connectivity index (χ1n) is 9.01. The molecule has 0 atom stereocenters. The summed E-state index contributed by atoms with van der Waals surface area (Å²) >= 11 is 0. The second kappa shape index (κ2) is 28.5. The lowest BCUT2D eigenvalue weighted by atomic mass is 10.5. The molecule has 0 aromatic carbocycles. The maximum atomic E-state index is 8.38. The SMILES string of the molecule is CCCOCCOCCOCCO.CCOCCOCCOCCO. The van der Waals surface area contributed by atoms with Gasteiger partial charge in [-0.3, -0.25) is 0 Å². The molecule has 0 aliphatic rings. The van der Waals surface area contributed by atoms with E-state index in [1.54, 1.807) is 0 Å². The van der Waals surface area contributed by atoms with Crippen LogP contribution in [0.2, 0.25) is 0 Å². The van der Waals surface area contributed by atoms with Gasteiger partial charge in [0.2, 0.25) is 0 Å². The van der Waals surface area contributed by atoms with Crippen LogP contribution in [0.25, 0.3) is 0 Å². The zero-order chi connectivity index (χ0) is 18.8.